The minimum absolute atomic E-state index is 0.113. The number of thioether (sulfide) groups is 1. The van der Waals surface area contributed by atoms with Crippen LogP contribution in [0.1, 0.15) is 69.6 Å². The molecule has 2 aromatic carbocycles. The number of carbonyl (C=O) groups is 1. The molecule has 1 unspecified atom stereocenters. The van der Waals surface area contributed by atoms with E-state index >= 15 is 0 Å². The van der Waals surface area contributed by atoms with Gasteiger partial charge in [-0.05, 0) is 62.9 Å². The average molecular weight is 487 g/mol. The fourth-order valence-corrected chi connectivity index (χ4v) is 4.57. The summed E-state index contributed by atoms with van der Waals surface area (Å²) >= 11 is 7.51. The summed E-state index contributed by atoms with van der Waals surface area (Å²) in [5, 5.41) is 13.0. The first-order valence-corrected chi connectivity index (χ1v) is 12.4. The molecule has 8 heteroatoms. The molecule has 1 aromatic heterocycles. The maximum absolute atomic E-state index is 12.6. The lowest BCUT2D eigenvalue weighted by molar-refractivity contribution is -0.113. The molecule has 1 N–H and O–H groups in total. The Bertz CT molecular complexity index is 1110. The molecule has 1 amide bonds. The molecule has 1 atom stereocenters. The van der Waals surface area contributed by atoms with Crippen molar-refractivity contribution in [2.24, 2.45) is 0 Å². The number of carbonyl (C=O) groups excluding carboxylic acids is 1. The molecule has 0 bridgehead atoms. The van der Waals surface area contributed by atoms with Crippen LogP contribution in [0.25, 0.3) is 0 Å². The fourth-order valence-electron chi connectivity index (χ4n) is 3.52. The zero-order valence-electron chi connectivity index (χ0n) is 19.9. The van der Waals surface area contributed by atoms with Crippen LogP contribution in [0, 0.1) is 6.92 Å². The molecule has 1 heterocycles. The number of hydrogen-bond acceptors (Lipinski definition) is 5. The summed E-state index contributed by atoms with van der Waals surface area (Å²) in [5.74, 6) is 2.02. The predicted octanol–water partition coefficient (Wildman–Crippen LogP) is 6.82. The van der Waals surface area contributed by atoms with Crippen LogP contribution in [-0.2, 0) is 4.79 Å². The lowest BCUT2D eigenvalue weighted by atomic mass is 10.0. The van der Waals surface area contributed by atoms with Crippen molar-refractivity contribution in [1.82, 2.24) is 14.8 Å². The van der Waals surface area contributed by atoms with Crippen LogP contribution >= 0.6 is 23.4 Å². The Morgan fingerprint density at radius 1 is 1.09 bits per heavy atom. The third kappa shape index (κ3) is 6.09. The summed E-state index contributed by atoms with van der Waals surface area (Å²) in [7, 11) is 0. The second-order valence-corrected chi connectivity index (χ2v) is 9.86. The van der Waals surface area contributed by atoms with Crippen LogP contribution in [0.3, 0.4) is 0 Å². The van der Waals surface area contributed by atoms with Crippen LogP contribution in [-0.4, -0.2) is 26.4 Å². The molecule has 0 aliphatic rings. The maximum atomic E-state index is 12.6. The van der Waals surface area contributed by atoms with Gasteiger partial charge in [0.15, 0.2) is 17.1 Å². The third-order valence-electron chi connectivity index (χ3n) is 5.29. The van der Waals surface area contributed by atoms with Gasteiger partial charge in [0.05, 0.1) is 5.75 Å². The summed E-state index contributed by atoms with van der Waals surface area (Å²) in [5.41, 5.74) is 2.71. The zero-order chi connectivity index (χ0) is 24.1. The van der Waals surface area contributed by atoms with Crippen LogP contribution < -0.4 is 10.1 Å². The third-order valence-corrected chi connectivity index (χ3v) is 6.64. The van der Waals surface area contributed by atoms with E-state index in [2.05, 4.69) is 49.3 Å². The van der Waals surface area contributed by atoms with Crippen molar-refractivity contribution in [2.75, 3.05) is 11.1 Å². The SMILES string of the molecule is Cc1c(Cl)cccc1NC(=O)CSc1nnc(C(C)Oc2ccccc2C(C)C)n1C(C)C. The normalized spacial score (nSPS) is 12.3. The maximum Gasteiger partial charge on any atom is 0.234 e. The monoisotopic (exact) mass is 486 g/mol. The first-order chi connectivity index (χ1) is 15.7. The quantitative estimate of drug-likeness (QED) is 0.336. The molecular weight excluding hydrogens is 456 g/mol. The van der Waals surface area contributed by atoms with Crippen molar-refractivity contribution < 1.29 is 9.53 Å². The van der Waals surface area contributed by atoms with Crippen molar-refractivity contribution in [2.45, 2.75) is 64.8 Å². The summed E-state index contributed by atoms with van der Waals surface area (Å²) in [4.78, 5) is 12.6. The van der Waals surface area contributed by atoms with Gasteiger partial charge in [-0.3, -0.25) is 4.79 Å². The number of aromatic nitrogens is 3. The Morgan fingerprint density at radius 3 is 2.52 bits per heavy atom. The van der Waals surface area contributed by atoms with Gasteiger partial charge in [-0.15, -0.1) is 10.2 Å². The number of rotatable bonds is 9. The smallest absolute Gasteiger partial charge is 0.234 e. The molecule has 0 saturated carbocycles. The number of hydrogen-bond donors (Lipinski definition) is 1. The van der Waals surface area contributed by atoms with E-state index in [0.717, 1.165) is 22.7 Å². The number of benzene rings is 2. The van der Waals surface area contributed by atoms with Crippen LogP contribution in [0.15, 0.2) is 47.6 Å². The van der Waals surface area contributed by atoms with Gasteiger partial charge in [0.1, 0.15) is 5.75 Å². The molecule has 3 rings (SSSR count). The first kappa shape index (κ1) is 25.1. The predicted molar refractivity (Wildman–Crippen MR) is 136 cm³/mol. The Hall–Kier alpha value is -2.51. The summed E-state index contributed by atoms with van der Waals surface area (Å²) in [6, 6.07) is 13.6. The molecule has 176 valence electrons. The summed E-state index contributed by atoms with van der Waals surface area (Å²) in [6.45, 7) is 12.3. The summed E-state index contributed by atoms with van der Waals surface area (Å²) in [6.07, 6.45) is -0.294. The van der Waals surface area contributed by atoms with E-state index in [1.807, 2.05) is 48.7 Å². The average Bonchev–Trinajstić information content (AvgIpc) is 3.20. The Morgan fingerprint density at radius 2 is 1.82 bits per heavy atom. The van der Waals surface area contributed by atoms with Gasteiger partial charge in [-0.2, -0.15) is 0 Å². The highest BCUT2D eigenvalue weighted by atomic mass is 35.5. The minimum Gasteiger partial charge on any atom is -0.482 e. The van der Waals surface area contributed by atoms with Gasteiger partial charge in [0, 0.05) is 16.8 Å². The lowest BCUT2D eigenvalue weighted by Gasteiger charge is -2.21. The number of nitrogens with one attached hydrogen (secondary N) is 1. The molecule has 3 aromatic rings. The van der Waals surface area contributed by atoms with Crippen molar-refractivity contribution in [3.05, 3.63) is 64.4 Å². The van der Waals surface area contributed by atoms with Gasteiger partial charge < -0.3 is 14.6 Å². The largest absolute Gasteiger partial charge is 0.482 e. The Labute approximate surface area is 205 Å². The van der Waals surface area contributed by atoms with E-state index in [1.165, 1.54) is 11.8 Å². The number of amides is 1. The van der Waals surface area contributed by atoms with Gasteiger partial charge in [-0.1, -0.05) is 61.5 Å². The highest BCUT2D eigenvalue weighted by Crippen LogP contribution is 2.32. The Kier molecular flexibility index (Phi) is 8.43. The van der Waals surface area contributed by atoms with Gasteiger partial charge in [0.25, 0.3) is 0 Å². The van der Waals surface area contributed by atoms with Gasteiger partial charge in [-0.25, -0.2) is 0 Å². The molecule has 0 saturated heterocycles. The molecule has 0 aliphatic heterocycles. The van der Waals surface area contributed by atoms with Gasteiger partial charge in [0.2, 0.25) is 5.91 Å². The van der Waals surface area contributed by atoms with Gasteiger partial charge >= 0.3 is 0 Å². The number of nitrogens with zero attached hydrogens (tertiary/aromatic N) is 3. The van der Waals surface area contributed by atoms with Crippen molar-refractivity contribution in [1.29, 1.82) is 0 Å². The molecule has 0 aliphatic carbocycles. The van der Waals surface area contributed by atoms with Crippen molar-refractivity contribution >= 4 is 35.0 Å². The fraction of sp³-hybridized carbons (Fsp3) is 0.400. The standard InChI is InChI=1S/C25H31ClN4O2S/c1-15(2)19-10-7-8-13-22(19)32-18(6)24-28-29-25(30(24)16(3)4)33-14-23(31)27-21-12-9-11-20(26)17(21)5/h7-13,15-16,18H,14H2,1-6H3,(H,27,31). The number of halogens is 1. The van der Waals surface area contributed by atoms with E-state index in [9.17, 15) is 4.79 Å². The molecule has 0 fully saturated rings. The van der Waals surface area contributed by atoms with Crippen molar-refractivity contribution in [3.63, 3.8) is 0 Å². The summed E-state index contributed by atoms with van der Waals surface area (Å²) < 4.78 is 8.33. The van der Waals surface area contributed by atoms with Crippen LogP contribution in [0.2, 0.25) is 5.02 Å². The van der Waals surface area contributed by atoms with E-state index in [1.54, 1.807) is 6.07 Å². The highest BCUT2D eigenvalue weighted by molar-refractivity contribution is 7.99. The van der Waals surface area contributed by atoms with E-state index < -0.39 is 0 Å². The molecule has 33 heavy (non-hydrogen) atoms. The second-order valence-electron chi connectivity index (χ2n) is 8.51. The number of ether oxygens (including phenoxy) is 1. The van der Waals surface area contributed by atoms with E-state index in [-0.39, 0.29) is 23.8 Å². The Balaban J connectivity index is 1.73. The highest BCUT2D eigenvalue weighted by Gasteiger charge is 2.23. The minimum atomic E-state index is -0.294. The molecule has 6 nitrogen and oxygen atoms in total. The number of anilines is 1. The van der Waals surface area contributed by atoms with Crippen LogP contribution in [0.5, 0.6) is 5.75 Å². The van der Waals surface area contributed by atoms with Crippen molar-refractivity contribution in [3.8, 4) is 5.75 Å². The zero-order valence-corrected chi connectivity index (χ0v) is 21.5. The topological polar surface area (TPSA) is 69.0 Å². The second kappa shape index (κ2) is 11.1. The van der Waals surface area contributed by atoms with E-state index in [0.29, 0.717) is 21.8 Å². The van der Waals surface area contributed by atoms with Crippen LogP contribution in [0.4, 0.5) is 5.69 Å². The molecule has 0 spiro atoms. The molecular formula is C25H31ClN4O2S. The number of para-hydroxylation sites is 1. The first-order valence-electron chi connectivity index (χ1n) is 11.1. The van der Waals surface area contributed by atoms with E-state index in [4.69, 9.17) is 16.3 Å². The lowest BCUT2D eigenvalue weighted by Crippen LogP contribution is -2.17. The molecule has 0 radical (unpaired) electrons.